The van der Waals surface area contributed by atoms with E-state index < -0.39 is 5.60 Å². The molecule has 0 aliphatic heterocycles. The molecule has 18 heavy (non-hydrogen) atoms. The lowest BCUT2D eigenvalue weighted by Crippen LogP contribution is -2.33. The maximum atomic E-state index is 11.7. The first kappa shape index (κ1) is 14.0. The Labute approximate surface area is 108 Å². The standard InChI is InChI=1S/C14H18N2O2/c1-14(2,3)18-13(17)16(5)10-11-6-8-12(15-4)9-7-11/h6-9H,10H2,1-3,5H3. The highest BCUT2D eigenvalue weighted by atomic mass is 16.6. The minimum absolute atomic E-state index is 0.350. The van der Waals surface area contributed by atoms with Crippen LogP contribution in [0, 0.1) is 6.57 Å². The van der Waals surface area contributed by atoms with Gasteiger partial charge >= 0.3 is 6.09 Å². The minimum Gasteiger partial charge on any atom is -0.444 e. The molecular formula is C14H18N2O2. The molecule has 0 aromatic heterocycles. The van der Waals surface area contributed by atoms with Gasteiger partial charge in [-0.3, -0.25) is 0 Å². The van der Waals surface area contributed by atoms with E-state index in [1.807, 2.05) is 32.9 Å². The molecule has 0 heterocycles. The van der Waals surface area contributed by atoms with Gasteiger partial charge in [-0.1, -0.05) is 24.3 Å². The van der Waals surface area contributed by atoms with E-state index in [2.05, 4.69) is 4.85 Å². The molecule has 0 saturated heterocycles. The normalized spacial score (nSPS) is 10.6. The van der Waals surface area contributed by atoms with Gasteiger partial charge in [0, 0.05) is 13.6 Å². The molecule has 1 rings (SSSR count). The summed E-state index contributed by atoms with van der Waals surface area (Å²) in [4.78, 5) is 16.6. The van der Waals surface area contributed by atoms with Crippen molar-refractivity contribution in [1.82, 2.24) is 4.90 Å². The third-order valence-electron chi connectivity index (χ3n) is 2.19. The van der Waals surface area contributed by atoms with Crippen molar-refractivity contribution in [2.45, 2.75) is 32.9 Å². The molecule has 0 unspecified atom stereocenters. The van der Waals surface area contributed by atoms with Crippen LogP contribution in [0.4, 0.5) is 10.5 Å². The Hall–Kier alpha value is -2.02. The number of amides is 1. The number of carbonyl (C=O) groups is 1. The monoisotopic (exact) mass is 246 g/mol. The van der Waals surface area contributed by atoms with Crippen molar-refractivity contribution in [3.8, 4) is 0 Å². The van der Waals surface area contributed by atoms with Gasteiger partial charge in [0.05, 0.1) is 6.57 Å². The van der Waals surface area contributed by atoms with Crippen LogP contribution in [0.2, 0.25) is 0 Å². The van der Waals surface area contributed by atoms with Gasteiger partial charge in [0.25, 0.3) is 0 Å². The summed E-state index contributed by atoms with van der Waals surface area (Å²) in [6.45, 7) is 12.8. The van der Waals surface area contributed by atoms with Crippen LogP contribution >= 0.6 is 0 Å². The van der Waals surface area contributed by atoms with E-state index in [9.17, 15) is 4.79 Å². The lowest BCUT2D eigenvalue weighted by atomic mass is 10.2. The van der Waals surface area contributed by atoms with Gasteiger partial charge in [0.15, 0.2) is 5.69 Å². The van der Waals surface area contributed by atoms with E-state index in [-0.39, 0.29) is 6.09 Å². The van der Waals surface area contributed by atoms with Gasteiger partial charge in [-0.25, -0.2) is 9.64 Å². The van der Waals surface area contributed by atoms with Crippen molar-refractivity contribution in [3.05, 3.63) is 41.2 Å². The first-order valence-electron chi connectivity index (χ1n) is 5.72. The summed E-state index contributed by atoms with van der Waals surface area (Å²) in [6.07, 6.45) is -0.350. The Bertz CT molecular complexity index is 452. The number of benzene rings is 1. The first-order chi connectivity index (χ1) is 8.31. The fourth-order valence-electron chi connectivity index (χ4n) is 1.35. The van der Waals surface area contributed by atoms with E-state index in [0.717, 1.165) is 5.56 Å². The number of hydrogen-bond acceptors (Lipinski definition) is 2. The fourth-order valence-corrected chi connectivity index (χ4v) is 1.35. The number of carbonyl (C=O) groups excluding carboxylic acids is 1. The summed E-state index contributed by atoms with van der Waals surface area (Å²) in [5.74, 6) is 0. The molecule has 0 radical (unpaired) electrons. The second-order valence-corrected chi connectivity index (χ2v) is 5.11. The number of rotatable bonds is 2. The van der Waals surface area contributed by atoms with E-state index in [0.29, 0.717) is 12.2 Å². The fraction of sp³-hybridized carbons (Fsp3) is 0.429. The summed E-state index contributed by atoms with van der Waals surface area (Å²) in [7, 11) is 1.69. The van der Waals surface area contributed by atoms with Crippen LogP contribution in [0.1, 0.15) is 26.3 Å². The highest BCUT2D eigenvalue weighted by Gasteiger charge is 2.19. The predicted molar refractivity (Wildman–Crippen MR) is 70.4 cm³/mol. The van der Waals surface area contributed by atoms with Gasteiger partial charge in [-0.2, -0.15) is 0 Å². The first-order valence-corrected chi connectivity index (χ1v) is 5.72. The SMILES string of the molecule is [C-]#[N+]c1ccc(CN(C)C(=O)OC(C)(C)C)cc1. The molecule has 4 heteroatoms. The van der Waals surface area contributed by atoms with Gasteiger partial charge < -0.3 is 9.64 Å². The maximum Gasteiger partial charge on any atom is 0.410 e. The molecule has 0 atom stereocenters. The van der Waals surface area contributed by atoms with Crippen molar-refractivity contribution in [1.29, 1.82) is 0 Å². The molecule has 0 spiro atoms. The summed E-state index contributed by atoms with van der Waals surface area (Å²) in [5.41, 5.74) is 1.08. The summed E-state index contributed by atoms with van der Waals surface area (Å²) in [5, 5.41) is 0. The molecule has 0 aliphatic carbocycles. The third kappa shape index (κ3) is 4.46. The van der Waals surface area contributed by atoms with E-state index in [1.165, 1.54) is 4.90 Å². The van der Waals surface area contributed by atoms with Gasteiger partial charge in [0.2, 0.25) is 0 Å². The van der Waals surface area contributed by atoms with Crippen molar-refractivity contribution < 1.29 is 9.53 Å². The molecular weight excluding hydrogens is 228 g/mol. The lowest BCUT2D eigenvalue weighted by Gasteiger charge is -2.24. The smallest absolute Gasteiger partial charge is 0.410 e. The average Bonchev–Trinajstić information content (AvgIpc) is 2.27. The second-order valence-electron chi connectivity index (χ2n) is 5.11. The van der Waals surface area contributed by atoms with Gasteiger partial charge in [-0.15, -0.1) is 0 Å². The van der Waals surface area contributed by atoms with Crippen LogP contribution in [0.3, 0.4) is 0 Å². The molecule has 1 aromatic rings. The molecule has 1 amide bonds. The molecule has 0 fully saturated rings. The molecule has 96 valence electrons. The topological polar surface area (TPSA) is 33.9 Å². The largest absolute Gasteiger partial charge is 0.444 e. The molecule has 0 bridgehead atoms. The van der Waals surface area contributed by atoms with Gasteiger partial charge in [-0.05, 0) is 26.3 Å². The van der Waals surface area contributed by atoms with Crippen molar-refractivity contribution in [2.75, 3.05) is 7.05 Å². The number of nitrogens with zero attached hydrogens (tertiary/aromatic N) is 2. The van der Waals surface area contributed by atoms with Crippen LogP contribution < -0.4 is 0 Å². The Morgan fingerprint density at radius 1 is 1.33 bits per heavy atom. The van der Waals surface area contributed by atoms with E-state index >= 15 is 0 Å². The molecule has 0 saturated carbocycles. The number of ether oxygens (including phenoxy) is 1. The Morgan fingerprint density at radius 3 is 2.33 bits per heavy atom. The number of hydrogen-bond donors (Lipinski definition) is 0. The molecule has 0 aliphatic rings. The molecule has 0 N–H and O–H groups in total. The lowest BCUT2D eigenvalue weighted by molar-refractivity contribution is 0.0285. The van der Waals surface area contributed by atoms with Crippen molar-refractivity contribution >= 4 is 11.8 Å². The van der Waals surface area contributed by atoms with Crippen molar-refractivity contribution in [2.24, 2.45) is 0 Å². The molecule has 1 aromatic carbocycles. The predicted octanol–water partition coefficient (Wildman–Crippen LogP) is 3.60. The second kappa shape index (κ2) is 5.54. The van der Waals surface area contributed by atoms with Crippen LogP contribution in [-0.4, -0.2) is 23.6 Å². The van der Waals surface area contributed by atoms with Crippen LogP contribution in [0.5, 0.6) is 0 Å². The molecule has 4 nitrogen and oxygen atoms in total. The summed E-state index contributed by atoms with van der Waals surface area (Å²) < 4.78 is 5.26. The minimum atomic E-state index is -0.487. The third-order valence-corrected chi connectivity index (χ3v) is 2.19. The maximum absolute atomic E-state index is 11.7. The van der Waals surface area contributed by atoms with Crippen molar-refractivity contribution in [3.63, 3.8) is 0 Å². The quantitative estimate of drug-likeness (QED) is 0.747. The zero-order chi connectivity index (χ0) is 13.8. The highest BCUT2D eigenvalue weighted by Crippen LogP contribution is 2.15. The summed E-state index contributed by atoms with van der Waals surface area (Å²) in [6, 6.07) is 7.17. The van der Waals surface area contributed by atoms with E-state index in [4.69, 9.17) is 11.3 Å². The Morgan fingerprint density at radius 2 is 1.89 bits per heavy atom. The zero-order valence-electron chi connectivity index (χ0n) is 11.2. The van der Waals surface area contributed by atoms with Crippen LogP contribution in [0.25, 0.3) is 4.85 Å². The van der Waals surface area contributed by atoms with Crippen LogP contribution in [0.15, 0.2) is 24.3 Å². The van der Waals surface area contributed by atoms with Gasteiger partial charge in [0.1, 0.15) is 5.60 Å². The van der Waals surface area contributed by atoms with Crippen LogP contribution in [-0.2, 0) is 11.3 Å². The highest BCUT2D eigenvalue weighted by molar-refractivity contribution is 5.67. The summed E-state index contributed by atoms with van der Waals surface area (Å²) >= 11 is 0. The Balaban J connectivity index is 2.61. The average molecular weight is 246 g/mol. The Kier molecular flexibility index (Phi) is 4.33. The zero-order valence-corrected chi connectivity index (χ0v) is 11.2. The van der Waals surface area contributed by atoms with E-state index in [1.54, 1.807) is 19.2 Å².